The fourth-order valence-corrected chi connectivity index (χ4v) is 2.72. The maximum absolute atomic E-state index is 11.5. The van der Waals surface area contributed by atoms with E-state index in [0.29, 0.717) is 12.2 Å². The third-order valence-corrected chi connectivity index (χ3v) is 3.39. The molecule has 1 aliphatic rings. The van der Waals surface area contributed by atoms with E-state index in [1.165, 1.54) is 6.07 Å². The molecule has 0 radical (unpaired) electrons. The van der Waals surface area contributed by atoms with E-state index in [0.717, 1.165) is 22.6 Å². The van der Waals surface area contributed by atoms with E-state index in [-0.39, 0.29) is 11.7 Å². The average molecular weight is 224 g/mol. The number of carbonyl (C=O) groups is 1. The summed E-state index contributed by atoms with van der Waals surface area (Å²) in [7, 11) is 0. The first-order valence-electron chi connectivity index (χ1n) is 4.88. The van der Waals surface area contributed by atoms with Crippen LogP contribution < -0.4 is 0 Å². The zero-order valence-corrected chi connectivity index (χ0v) is 9.26. The van der Waals surface area contributed by atoms with Crippen LogP contribution in [0.15, 0.2) is 17.0 Å². The third-order valence-electron chi connectivity index (χ3n) is 2.31. The van der Waals surface area contributed by atoms with Crippen molar-refractivity contribution in [1.29, 1.82) is 0 Å². The Bertz CT molecular complexity index is 401. The van der Waals surface area contributed by atoms with Gasteiger partial charge in [-0.1, -0.05) is 0 Å². The summed E-state index contributed by atoms with van der Waals surface area (Å²) in [5, 5.41) is 9.71. The highest BCUT2D eigenvalue weighted by molar-refractivity contribution is 7.99. The second kappa shape index (κ2) is 4.14. The van der Waals surface area contributed by atoms with Gasteiger partial charge >= 0.3 is 5.97 Å². The Kier molecular flexibility index (Phi) is 2.86. The SMILES string of the molecule is CCOC(=O)c1cc(O)c2c(c1)SCC2. The highest BCUT2D eigenvalue weighted by Gasteiger charge is 2.19. The van der Waals surface area contributed by atoms with Gasteiger partial charge in [-0.25, -0.2) is 4.79 Å². The van der Waals surface area contributed by atoms with Crippen LogP contribution in [0.1, 0.15) is 22.8 Å². The van der Waals surface area contributed by atoms with Gasteiger partial charge in [0.15, 0.2) is 0 Å². The zero-order valence-electron chi connectivity index (χ0n) is 8.45. The molecule has 0 bridgehead atoms. The van der Waals surface area contributed by atoms with Crippen molar-refractivity contribution in [3.05, 3.63) is 23.3 Å². The van der Waals surface area contributed by atoms with Gasteiger partial charge in [-0.05, 0) is 25.5 Å². The van der Waals surface area contributed by atoms with Crippen molar-refractivity contribution in [2.24, 2.45) is 0 Å². The fourth-order valence-electron chi connectivity index (χ4n) is 1.61. The molecule has 80 valence electrons. The molecule has 4 heteroatoms. The summed E-state index contributed by atoms with van der Waals surface area (Å²) in [6, 6.07) is 3.29. The molecule has 1 aromatic rings. The Hall–Kier alpha value is -1.16. The summed E-state index contributed by atoms with van der Waals surface area (Å²) < 4.78 is 4.88. The lowest BCUT2D eigenvalue weighted by atomic mass is 10.1. The van der Waals surface area contributed by atoms with E-state index in [4.69, 9.17) is 4.74 Å². The van der Waals surface area contributed by atoms with Crippen molar-refractivity contribution in [1.82, 2.24) is 0 Å². The molecule has 0 atom stereocenters. The molecular formula is C11H12O3S. The lowest BCUT2D eigenvalue weighted by molar-refractivity contribution is 0.0525. The summed E-state index contributed by atoms with van der Waals surface area (Å²) in [6.07, 6.45) is 0.870. The number of esters is 1. The first kappa shape index (κ1) is 10.4. The van der Waals surface area contributed by atoms with Crippen LogP contribution in [0.2, 0.25) is 0 Å². The van der Waals surface area contributed by atoms with Crippen LogP contribution in [0.5, 0.6) is 5.75 Å². The quantitative estimate of drug-likeness (QED) is 0.782. The molecule has 0 unspecified atom stereocenters. The number of hydrogen-bond acceptors (Lipinski definition) is 4. The van der Waals surface area contributed by atoms with Crippen molar-refractivity contribution >= 4 is 17.7 Å². The number of phenolic OH excluding ortho intramolecular Hbond substituents is 1. The van der Waals surface area contributed by atoms with Gasteiger partial charge in [0.25, 0.3) is 0 Å². The van der Waals surface area contributed by atoms with E-state index in [9.17, 15) is 9.90 Å². The predicted octanol–water partition coefficient (Wildman–Crippen LogP) is 2.22. The maximum Gasteiger partial charge on any atom is 0.338 e. The summed E-state index contributed by atoms with van der Waals surface area (Å²) in [5.41, 5.74) is 1.38. The second-order valence-electron chi connectivity index (χ2n) is 3.29. The van der Waals surface area contributed by atoms with Crippen molar-refractivity contribution in [3.8, 4) is 5.75 Å². The maximum atomic E-state index is 11.5. The molecule has 1 heterocycles. The molecule has 0 saturated carbocycles. The van der Waals surface area contributed by atoms with E-state index >= 15 is 0 Å². The molecule has 15 heavy (non-hydrogen) atoms. The fraction of sp³-hybridized carbons (Fsp3) is 0.364. The molecule has 1 N–H and O–H groups in total. The Labute approximate surface area is 92.4 Å². The Morgan fingerprint density at radius 2 is 2.40 bits per heavy atom. The first-order valence-corrected chi connectivity index (χ1v) is 5.86. The topological polar surface area (TPSA) is 46.5 Å². The predicted molar refractivity (Wildman–Crippen MR) is 58.5 cm³/mol. The average Bonchev–Trinajstić information content (AvgIpc) is 2.66. The van der Waals surface area contributed by atoms with Gasteiger partial charge in [-0.15, -0.1) is 11.8 Å². The van der Waals surface area contributed by atoms with Gasteiger partial charge in [0.1, 0.15) is 5.75 Å². The molecule has 0 aromatic heterocycles. The summed E-state index contributed by atoms with van der Waals surface area (Å²) in [4.78, 5) is 12.5. The van der Waals surface area contributed by atoms with E-state index < -0.39 is 0 Å². The number of hydrogen-bond donors (Lipinski definition) is 1. The molecule has 1 aliphatic heterocycles. The minimum absolute atomic E-state index is 0.209. The lowest BCUT2D eigenvalue weighted by Crippen LogP contribution is -2.04. The number of phenols is 1. The standard InChI is InChI=1S/C11H12O3S/c1-2-14-11(13)7-5-9(12)8-3-4-15-10(8)6-7/h5-6,12H,2-4H2,1H3. The molecule has 0 aliphatic carbocycles. The monoisotopic (exact) mass is 224 g/mol. The molecule has 0 amide bonds. The second-order valence-corrected chi connectivity index (χ2v) is 4.43. The van der Waals surface area contributed by atoms with Crippen molar-refractivity contribution in [2.45, 2.75) is 18.2 Å². The normalized spacial score (nSPS) is 13.7. The van der Waals surface area contributed by atoms with Crippen LogP contribution in [0.4, 0.5) is 0 Å². The highest BCUT2D eigenvalue weighted by Crippen LogP contribution is 2.37. The van der Waals surface area contributed by atoms with Crippen molar-refractivity contribution in [3.63, 3.8) is 0 Å². The van der Waals surface area contributed by atoms with Crippen LogP contribution in [0.3, 0.4) is 0 Å². The van der Waals surface area contributed by atoms with E-state index in [2.05, 4.69) is 0 Å². The largest absolute Gasteiger partial charge is 0.508 e. The van der Waals surface area contributed by atoms with Crippen LogP contribution in [0.25, 0.3) is 0 Å². The molecule has 0 saturated heterocycles. The summed E-state index contributed by atoms with van der Waals surface area (Å²) in [5.74, 6) is 0.804. The van der Waals surface area contributed by atoms with Crippen molar-refractivity contribution < 1.29 is 14.6 Å². The Balaban J connectivity index is 2.35. The molecule has 2 rings (SSSR count). The van der Waals surface area contributed by atoms with Gasteiger partial charge < -0.3 is 9.84 Å². The van der Waals surface area contributed by atoms with Gasteiger partial charge in [-0.2, -0.15) is 0 Å². The minimum Gasteiger partial charge on any atom is -0.508 e. The summed E-state index contributed by atoms with van der Waals surface area (Å²) in [6.45, 7) is 2.11. The van der Waals surface area contributed by atoms with Crippen LogP contribution >= 0.6 is 11.8 Å². The minimum atomic E-state index is -0.372. The van der Waals surface area contributed by atoms with Gasteiger partial charge in [0, 0.05) is 16.2 Å². The number of benzene rings is 1. The number of fused-ring (bicyclic) bond motifs is 1. The van der Waals surface area contributed by atoms with Crippen LogP contribution in [-0.4, -0.2) is 23.4 Å². The van der Waals surface area contributed by atoms with Gasteiger partial charge in [0.2, 0.25) is 0 Å². The van der Waals surface area contributed by atoms with Gasteiger partial charge in [0.05, 0.1) is 12.2 Å². The number of thioether (sulfide) groups is 1. The molecule has 3 nitrogen and oxygen atoms in total. The Morgan fingerprint density at radius 3 is 3.13 bits per heavy atom. The zero-order chi connectivity index (χ0) is 10.8. The van der Waals surface area contributed by atoms with Gasteiger partial charge in [-0.3, -0.25) is 0 Å². The van der Waals surface area contributed by atoms with Crippen LogP contribution in [-0.2, 0) is 11.2 Å². The third kappa shape index (κ3) is 1.95. The molecule has 0 fully saturated rings. The molecule has 1 aromatic carbocycles. The summed E-state index contributed by atoms with van der Waals surface area (Å²) >= 11 is 1.66. The number of aromatic hydroxyl groups is 1. The highest BCUT2D eigenvalue weighted by atomic mass is 32.2. The van der Waals surface area contributed by atoms with Crippen molar-refractivity contribution in [2.75, 3.05) is 12.4 Å². The number of ether oxygens (including phenoxy) is 1. The Morgan fingerprint density at radius 1 is 1.60 bits per heavy atom. The van der Waals surface area contributed by atoms with Crippen LogP contribution in [0, 0.1) is 0 Å². The van der Waals surface area contributed by atoms with E-state index in [1.54, 1.807) is 24.8 Å². The first-order chi connectivity index (χ1) is 7.22. The molecule has 0 spiro atoms. The molecular weight excluding hydrogens is 212 g/mol. The van der Waals surface area contributed by atoms with E-state index in [1.807, 2.05) is 0 Å². The number of carbonyl (C=O) groups excluding carboxylic acids is 1. The number of rotatable bonds is 2. The lowest BCUT2D eigenvalue weighted by Gasteiger charge is -2.06. The smallest absolute Gasteiger partial charge is 0.338 e.